The number of carboxylic acid groups (broad SMARTS) is 2. The molecule has 2 saturated heterocycles. The second-order valence-electron chi connectivity index (χ2n) is 18.8. The van der Waals surface area contributed by atoms with Crippen molar-refractivity contribution in [3.05, 3.63) is 150 Å². The fourth-order valence-corrected chi connectivity index (χ4v) is 13.6. The zero-order chi connectivity index (χ0) is 60.3. The van der Waals surface area contributed by atoms with Gasteiger partial charge in [0.25, 0.3) is 23.6 Å². The number of hydrogen-bond acceptors (Lipinski definition) is 24. The molecule has 0 bridgehead atoms. The number of pyridine rings is 2. The van der Waals surface area contributed by atoms with Gasteiger partial charge in [-0.1, -0.05) is 47.8 Å². The number of aromatic nitrogens is 10. The molecule has 10 rings (SSSR count). The van der Waals surface area contributed by atoms with Gasteiger partial charge in [-0.2, -0.15) is 0 Å². The van der Waals surface area contributed by atoms with Crippen molar-refractivity contribution >= 4 is 94.4 Å². The number of phenolic OH excluding ortho intramolecular Hbond substituents is 2. The zero-order valence-corrected chi connectivity index (χ0v) is 54.9. The molecule has 0 spiro atoms. The van der Waals surface area contributed by atoms with E-state index in [1.807, 2.05) is 0 Å². The molecule has 6 aromatic rings. The molecule has 460 valence electrons. The number of nitrogens with zero attached hydrogens (tertiary/aromatic N) is 10. The van der Waals surface area contributed by atoms with Gasteiger partial charge in [-0.05, 0) is 81.2 Å². The minimum atomic E-state index is -1.53. The van der Waals surface area contributed by atoms with Crippen LogP contribution in [-0.2, 0) is 42.9 Å². The van der Waals surface area contributed by atoms with Gasteiger partial charge in [0.05, 0.1) is 23.3 Å². The molecule has 8 heterocycles. The molecule has 2 aromatic carbocycles. The molecule has 0 radical (unpaired) electrons. The van der Waals surface area contributed by atoms with Crippen LogP contribution in [0.3, 0.4) is 0 Å². The molecule has 4 aliphatic rings. The number of benzene rings is 2. The molecule has 39 heteroatoms. The number of carbonyl (C=O) groups is 8. The molecule has 2 fully saturated rings. The minimum absolute atomic E-state index is 0. The van der Waals surface area contributed by atoms with E-state index >= 15 is 0 Å². The fraction of sp³-hybridized carbons (Fsp3) is 0.280. The Morgan fingerprint density at radius 2 is 0.966 bits per heavy atom. The number of aromatic hydroxyl groups is 2. The van der Waals surface area contributed by atoms with E-state index in [-0.39, 0.29) is 144 Å². The standard InChI is InChI=1S/2C25H24N8O7S2.2Na.3H2O/c2*1-11-7-16(35)15(8-26-11)20(36)27-17(12-3-5-14(34)6-4-12)21(37)28-18-22(38)33-19(24(39)40)13(9-41-23(18)33)10-42-25-29-30-31-32(25)2;;;;;/h2*3-8,17-18,23,34H,9-10H2,1-2H3,(H,26,35)(H,27,36)(H,28,37)(H,39,40);;;3*1H2/q;;2*+1;;;/p-2/t2*17-,18-,23-;;;;;/m11...../s1. The summed E-state index contributed by atoms with van der Waals surface area (Å²) in [5.74, 6) is -6.84. The van der Waals surface area contributed by atoms with Gasteiger partial charge >= 0.3 is 59.1 Å². The van der Waals surface area contributed by atoms with E-state index in [2.05, 4.69) is 62.3 Å². The quantitative estimate of drug-likeness (QED) is 0.0225. The predicted octanol–water partition coefficient (Wildman–Crippen LogP) is -11.3. The van der Waals surface area contributed by atoms with E-state index in [0.717, 1.165) is 9.80 Å². The van der Waals surface area contributed by atoms with Crippen molar-refractivity contribution < 1.29 is 134 Å². The first-order valence-corrected chi connectivity index (χ1v) is 28.8. The van der Waals surface area contributed by atoms with Crippen molar-refractivity contribution in [2.75, 3.05) is 23.0 Å². The summed E-state index contributed by atoms with van der Waals surface area (Å²) in [6.45, 7) is 3.30. The minimum Gasteiger partial charge on any atom is -0.543 e. The number of tetrazole rings is 2. The number of phenols is 2. The SMILES string of the molecule is Cc1cc(=O)c(C(=O)N[C@@H](C(=O)N[C@@H]2C(=O)N3C(C(=O)[O-])=C(CSc4nnnn4C)CS[C@H]23)c2ccc(O)cc2)c[nH]1.Cc1cc(=O)c(C(=O)N[C@@H](C(=O)N[C@@H]2C(=O)N3C(C(=O)[O-])=C(CSc4nnnn4C)CS[C@H]23)c2ccc(O)cc2)c[nH]1.O.O.O.[Na+].[Na+]. The van der Waals surface area contributed by atoms with Crippen molar-refractivity contribution in [1.82, 2.24) is 81.4 Å². The number of carbonyl (C=O) groups excluding carboxylic acids is 8. The van der Waals surface area contributed by atoms with Gasteiger partial charge in [-0.15, -0.1) is 33.7 Å². The maximum atomic E-state index is 13.5. The molecule has 0 aliphatic carbocycles. The summed E-state index contributed by atoms with van der Waals surface area (Å²) in [5, 5.41) is 75.5. The number of nitrogens with one attached hydrogen (secondary N) is 6. The van der Waals surface area contributed by atoms with E-state index in [1.165, 1.54) is 129 Å². The average Bonchev–Trinajstić information content (AvgIpc) is 1.28. The summed E-state index contributed by atoms with van der Waals surface area (Å²) in [5.41, 5.74) is 0.433. The van der Waals surface area contributed by atoms with Crippen molar-refractivity contribution in [2.24, 2.45) is 14.1 Å². The van der Waals surface area contributed by atoms with Gasteiger partial charge in [-0.25, -0.2) is 9.36 Å². The van der Waals surface area contributed by atoms with E-state index in [0.29, 0.717) is 32.8 Å². The maximum absolute atomic E-state index is 13.5. The topological polar surface area (TPSA) is 525 Å². The van der Waals surface area contributed by atoms with Crippen LogP contribution in [0.2, 0.25) is 0 Å². The summed E-state index contributed by atoms with van der Waals surface area (Å²) in [6.07, 6.45) is 2.46. The van der Waals surface area contributed by atoms with E-state index in [4.69, 9.17) is 0 Å². The molecule has 14 N–H and O–H groups in total. The molecular formula is C50H52N16Na2O17S4. The first kappa shape index (κ1) is 74.1. The van der Waals surface area contributed by atoms with Crippen LogP contribution in [-0.4, -0.2) is 180 Å². The van der Waals surface area contributed by atoms with Crippen LogP contribution in [0.4, 0.5) is 0 Å². The molecule has 6 atom stereocenters. The Morgan fingerprint density at radius 3 is 1.27 bits per heavy atom. The summed E-state index contributed by atoms with van der Waals surface area (Å²) in [4.78, 5) is 136. The molecule has 89 heavy (non-hydrogen) atoms. The number of β-lactam (4-membered cyclic amide) rings is 2. The van der Waals surface area contributed by atoms with E-state index in [1.54, 1.807) is 27.9 Å². The second-order valence-corrected chi connectivity index (χ2v) is 22.9. The number of fused-ring (bicyclic) bond motifs is 2. The van der Waals surface area contributed by atoms with Gasteiger partial charge < -0.3 is 77.7 Å². The Bertz CT molecular complexity index is 3610. The van der Waals surface area contributed by atoms with Crippen LogP contribution in [0.15, 0.2) is 115 Å². The molecule has 33 nitrogen and oxygen atoms in total. The Morgan fingerprint density at radius 1 is 0.618 bits per heavy atom. The number of aliphatic carboxylic acids is 2. The van der Waals surface area contributed by atoms with Gasteiger partial charge in [0, 0.05) is 73.0 Å². The molecule has 0 unspecified atom stereocenters. The first-order valence-electron chi connectivity index (χ1n) is 24.8. The van der Waals surface area contributed by atoms with E-state index < -0.39 is 93.2 Å². The Balaban J connectivity index is 0.000000360. The molecule has 4 aromatic heterocycles. The van der Waals surface area contributed by atoms with Crippen LogP contribution in [0.5, 0.6) is 11.5 Å². The van der Waals surface area contributed by atoms with Crippen molar-refractivity contribution in [3.63, 3.8) is 0 Å². The smallest absolute Gasteiger partial charge is 0.543 e. The third-order valence-electron chi connectivity index (χ3n) is 13.1. The number of carboxylic acids is 2. The number of rotatable bonds is 18. The van der Waals surface area contributed by atoms with Gasteiger partial charge in [0.1, 0.15) is 57.5 Å². The van der Waals surface area contributed by atoms with Gasteiger partial charge in [0.2, 0.25) is 22.1 Å². The van der Waals surface area contributed by atoms with Crippen LogP contribution in [0.1, 0.15) is 55.3 Å². The summed E-state index contributed by atoms with van der Waals surface area (Å²) >= 11 is 4.94. The Hall–Kier alpha value is -7.40. The predicted molar refractivity (Wildman–Crippen MR) is 304 cm³/mol. The molecule has 6 amide bonds. The van der Waals surface area contributed by atoms with Gasteiger partial charge in [-0.3, -0.25) is 48.2 Å². The summed E-state index contributed by atoms with van der Waals surface area (Å²) < 4.78 is 2.86. The number of H-pyrrole nitrogens is 2. The van der Waals surface area contributed by atoms with Crippen LogP contribution in [0.25, 0.3) is 0 Å². The summed E-state index contributed by atoms with van der Waals surface area (Å²) in [6, 6.07) is 8.54. The van der Waals surface area contributed by atoms with Crippen LogP contribution in [0, 0.1) is 13.8 Å². The normalized spacial score (nSPS) is 17.6. The van der Waals surface area contributed by atoms with E-state index in [9.17, 15) is 68.4 Å². The third kappa shape index (κ3) is 16.3. The summed E-state index contributed by atoms with van der Waals surface area (Å²) in [7, 11) is 3.28. The Labute approximate surface area is 562 Å². The van der Waals surface area contributed by atoms with Crippen molar-refractivity contribution in [2.45, 2.75) is 59.1 Å². The number of amides is 6. The van der Waals surface area contributed by atoms with Crippen LogP contribution >= 0.6 is 47.0 Å². The van der Waals surface area contributed by atoms with Crippen molar-refractivity contribution in [3.8, 4) is 11.5 Å². The second kappa shape index (κ2) is 31.9. The number of aryl methyl sites for hydroxylation is 4. The monoisotopic (exact) mass is 1320 g/mol. The zero-order valence-electron chi connectivity index (χ0n) is 47.6. The maximum Gasteiger partial charge on any atom is 1.00 e. The molecular weight excluding hydrogens is 1270 g/mol. The van der Waals surface area contributed by atoms with Gasteiger partial charge in [0.15, 0.2) is 10.9 Å². The molecule has 0 saturated carbocycles. The first-order chi connectivity index (χ1) is 40.1. The third-order valence-corrected chi connectivity index (χ3v) is 18.0. The van der Waals surface area contributed by atoms with Crippen molar-refractivity contribution in [1.29, 1.82) is 0 Å². The number of thioether (sulfide) groups is 4. The fourth-order valence-electron chi connectivity index (χ4n) is 8.88. The number of aromatic amines is 2. The average molecular weight is 1320 g/mol. The van der Waals surface area contributed by atoms with Crippen LogP contribution < -0.4 is 101 Å². The largest absolute Gasteiger partial charge is 1.00 e. The molecule has 4 aliphatic heterocycles. The number of hydrogen-bond donors (Lipinski definition) is 8. The Kier molecular flexibility index (Phi) is 26.5.